The molecule has 2 aliphatic rings. The molecule has 0 aromatic carbocycles. The Balaban J connectivity index is 1.97. The molecule has 0 saturated carbocycles. The number of nitrogens with two attached hydrogens (primary N) is 1. The molecular formula is C14H19N3O2. The molecule has 2 saturated heterocycles. The molecule has 19 heavy (non-hydrogen) atoms. The number of esters is 1. The maximum atomic E-state index is 11.9. The average molecular weight is 261 g/mol. The van der Waals surface area contributed by atoms with Gasteiger partial charge in [0.2, 0.25) is 0 Å². The van der Waals surface area contributed by atoms with E-state index in [2.05, 4.69) is 9.88 Å². The van der Waals surface area contributed by atoms with Crippen molar-refractivity contribution in [2.24, 2.45) is 5.73 Å². The van der Waals surface area contributed by atoms with E-state index in [9.17, 15) is 4.79 Å². The number of fused-ring (bicyclic) bond motifs is 2. The Morgan fingerprint density at radius 2 is 2.11 bits per heavy atom. The van der Waals surface area contributed by atoms with Crippen molar-refractivity contribution in [1.29, 1.82) is 0 Å². The standard InChI is InChI=1S/C14H19N3O2/c1-19-14(18)12-3-2-6-16-13(12)17-10-4-5-11(17)8-9(15)7-10/h2-3,6,9-11H,4-5,7-8,15H2,1H3. The number of rotatable bonds is 2. The Bertz CT molecular complexity index is 477. The van der Waals surface area contributed by atoms with E-state index in [-0.39, 0.29) is 12.0 Å². The molecule has 2 bridgehead atoms. The van der Waals surface area contributed by atoms with Crippen LogP contribution in [0.3, 0.4) is 0 Å². The molecule has 3 heterocycles. The molecule has 2 N–H and O–H groups in total. The molecule has 0 spiro atoms. The summed E-state index contributed by atoms with van der Waals surface area (Å²) in [4.78, 5) is 18.6. The van der Waals surface area contributed by atoms with Crippen LogP contribution in [-0.2, 0) is 4.74 Å². The van der Waals surface area contributed by atoms with E-state index in [1.54, 1.807) is 18.3 Å². The molecule has 0 amide bonds. The zero-order valence-corrected chi connectivity index (χ0v) is 11.1. The van der Waals surface area contributed by atoms with E-state index in [1.165, 1.54) is 7.11 Å². The molecule has 3 rings (SSSR count). The van der Waals surface area contributed by atoms with Gasteiger partial charge in [0.1, 0.15) is 11.4 Å². The number of hydrogen-bond acceptors (Lipinski definition) is 5. The van der Waals surface area contributed by atoms with E-state index in [0.29, 0.717) is 17.6 Å². The van der Waals surface area contributed by atoms with Crippen LogP contribution < -0.4 is 10.6 Å². The lowest BCUT2D eigenvalue weighted by molar-refractivity contribution is 0.0601. The number of aromatic nitrogens is 1. The number of nitrogens with zero attached hydrogens (tertiary/aromatic N) is 2. The van der Waals surface area contributed by atoms with Gasteiger partial charge in [-0.2, -0.15) is 0 Å². The van der Waals surface area contributed by atoms with Gasteiger partial charge in [-0.1, -0.05) is 0 Å². The Morgan fingerprint density at radius 3 is 2.74 bits per heavy atom. The monoisotopic (exact) mass is 261 g/mol. The van der Waals surface area contributed by atoms with Crippen molar-refractivity contribution in [3.8, 4) is 0 Å². The van der Waals surface area contributed by atoms with Gasteiger partial charge in [0, 0.05) is 24.3 Å². The third-order valence-electron chi connectivity index (χ3n) is 4.21. The summed E-state index contributed by atoms with van der Waals surface area (Å²) in [5.74, 6) is 0.436. The minimum Gasteiger partial charge on any atom is -0.465 e. The van der Waals surface area contributed by atoms with Crippen molar-refractivity contribution in [2.45, 2.75) is 43.8 Å². The highest BCUT2D eigenvalue weighted by molar-refractivity contribution is 5.94. The summed E-state index contributed by atoms with van der Waals surface area (Å²) >= 11 is 0. The third kappa shape index (κ3) is 2.08. The van der Waals surface area contributed by atoms with Crippen molar-refractivity contribution in [2.75, 3.05) is 12.0 Å². The number of carbonyl (C=O) groups excluding carboxylic acids is 1. The highest BCUT2D eigenvalue weighted by Crippen LogP contribution is 2.39. The van der Waals surface area contributed by atoms with Crippen LogP contribution in [0.4, 0.5) is 5.82 Å². The van der Waals surface area contributed by atoms with E-state index in [4.69, 9.17) is 10.5 Å². The topological polar surface area (TPSA) is 68.5 Å². The van der Waals surface area contributed by atoms with E-state index >= 15 is 0 Å². The van der Waals surface area contributed by atoms with Crippen LogP contribution >= 0.6 is 0 Å². The second kappa shape index (κ2) is 4.81. The number of piperidine rings is 1. The first-order valence-corrected chi connectivity index (χ1v) is 6.78. The smallest absolute Gasteiger partial charge is 0.341 e. The van der Waals surface area contributed by atoms with Crippen LogP contribution in [-0.4, -0.2) is 36.2 Å². The number of ether oxygens (including phenoxy) is 1. The normalized spacial score (nSPS) is 29.4. The van der Waals surface area contributed by atoms with Gasteiger partial charge < -0.3 is 15.4 Å². The first kappa shape index (κ1) is 12.4. The number of carbonyl (C=O) groups is 1. The van der Waals surface area contributed by atoms with Gasteiger partial charge in [-0.3, -0.25) is 0 Å². The summed E-state index contributed by atoms with van der Waals surface area (Å²) in [6.07, 6.45) is 5.96. The fraction of sp³-hybridized carbons (Fsp3) is 0.571. The van der Waals surface area contributed by atoms with Crippen molar-refractivity contribution in [3.05, 3.63) is 23.9 Å². The van der Waals surface area contributed by atoms with Gasteiger partial charge in [0.15, 0.2) is 0 Å². The first-order valence-electron chi connectivity index (χ1n) is 6.78. The Hall–Kier alpha value is -1.62. The maximum Gasteiger partial charge on any atom is 0.341 e. The molecule has 1 aromatic heterocycles. The largest absolute Gasteiger partial charge is 0.465 e. The van der Waals surface area contributed by atoms with Crippen LogP contribution in [0.25, 0.3) is 0 Å². The second-order valence-electron chi connectivity index (χ2n) is 5.39. The molecule has 1 aromatic rings. The Labute approximate surface area is 112 Å². The predicted octanol–water partition coefficient (Wildman–Crippen LogP) is 1.33. The van der Waals surface area contributed by atoms with Gasteiger partial charge in [-0.05, 0) is 37.8 Å². The third-order valence-corrected chi connectivity index (χ3v) is 4.21. The number of methoxy groups -OCH3 is 1. The molecule has 5 nitrogen and oxygen atoms in total. The van der Waals surface area contributed by atoms with E-state index in [1.807, 2.05) is 0 Å². The van der Waals surface area contributed by atoms with Gasteiger partial charge in [-0.15, -0.1) is 0 Å². The highest BCUT2D eigenvalue weighted by Gasteiger charge is 2.41. The fourth-order valence-electron chi connectivity index (χ4n) is 3.44. The molecule has 0 aliphatic carbocycles. The van der Waals surface area contributed by atoms with Crippen LogP contribution in [0.2, 0.25) is 0 Å². The summed E-state index contributed by atoms with van der Waals surface area (Å²) < 4.78 is 4.85. The lowest BCUT2D eigenvalue weighted by Crippen LogP contribution is -2.48. The molecule has 0 radical (unpaired) electrons. The molecule has 2 aliphatic heterocycles. The molecular weight excluding hydrogens is 242 g/mol. The predicted molar refractivity (Wildman–Crippen MR) is 72.1 cm³/mol. The summed E-state index contributed by atoms with van der Waals surface area (Å²) in [5.41, 5.74) is 6.63. The minimum absolute atomic E-state index is 0.277. The summed E-state index contributed by atoms with van der Waals surface area (Å²) in [6, 6.07) is 4.65. The highest BCUT2D eigenvalue weighted by atomic mass is 16.5. The Kier molecular flexibility index (Phi) is 3.14. The van der Waals surface area contributed by atoms with Crippen LogP contribution in [0.5, 0.6) is 0 Å². The van der Waals surface area contributed by atoms with Gasteiger partial charge in [-0.25, -0.2) is 9.78 Å². The number of pyridine rings is 1. The number of anilines is 1. The zero-order chi connectivity index (χ0) is 13.4. The average Bonchev–Trinajstić information content (AvgIpc) is 2.70. The van der Waals surface area contributed by atoms with E-state index in [0.717, 1.165) is 31.5 Å². The second-order valence-corrected chi connectivity index (χ2v) is 5.39. The summed E-state index contributed by atoms with van der Waals surface area (Å²) in [6.45, 7) is 0. The molecule has 5 heteroatoms. The van der Waals surface area contributed by atoms with Crippen molar-refractivity contribution in [3.63, 3.8) is 0 Å². The summed E-state index contributed by atoms with van der Waals surface area (Å²) in [5, 5.41) is 0. The SMILES string of the molecule is COC(=O)c1cccnc1N1C2CCC1CC(N)C2. The van der Waals surface area contributed by atoms with Crippen LogP contribution in [0, 0.1) is 0 Å². The van der Waals surface area contributed by atoms with E-state index < -0.39 is 0 Å². The van der Waals surface area contributed by atoms with Crippen molar-refractivity contribution < 1.29 is 9.53 Å². The molecule has 2 unspecified atom stereocenters. The molecule has 102 valence electrons. The number of hydrogen-bond donors (Lipinski definition) is 1. The quantitative estimate of drug-likeness (QED) is 0.813. The van der Waals surface area contributed by atoms with Crippen LogP contribution in [0.15, 0.2) is 18.3 Å². The molecule has 2 fully saturated rings. The fourth-order valence-corrected chi connectivity index (χ4v) is 3.44. The summed E-state index contributed by atoms with van der Waals surface area (Å²) in [7, 11) is 1.40. The first-order chi connectivity index (χ1) is 9.20. The van der Waals surface area contributed by atoms with Gasteiger partial charge in [0.05, 0.1) is 7.11 Å². The van der Waals surface area contributed by atoms with Gasteiger partial charge in [0.25, 0.3) is 0 Å². The maximum absolute atomic E-state index is 11.9. The zero-order valence-electron chi connectivity index (χ0n) is 11.1. The minimum atomic E-state index is -0.322. The van der Waals surface area contributed by atoms with Crippen molar-refractivity contribution in [1.82, 2.24) is 4.98 Å². The van der Waals surface area contributed by atoms with Crippen molar-refractivity contribution >= 4 is 11.8 Å². The Morgan fingerprint density at radius 1 is 1.42 bits per heavy atom. The lowest BCUT2D eigenvalue weighted by Gasteiger charge is -2.39. The van der Waals surface area contributed by atoms with Crippen LogP contribution in [0.1, 0.15) is 36.0 Å². The van der Waals surface area contributed by atoms with Gasteiger partial charge >= 0.3 is 5.97 Å². The molecule has 2 atom stereocenters. The lowest BCUT2D eigenvalue weighted by atomic mass is 9.97.